The maximum absolute atomic E-state index is 8.91. The number of hydrogen-bond acceptors (Lipinski definition) is 2. The zero-order valence-corrected chi connectivity index (χ0v) is 16.0. The largest absolute Gasteiger partial charge is 0.396 e. The number of aliphatic hydroxyl groups is 2. The summed E-state index contributed by atoms with van der Waals surface area (Å²) < 4.78 is 0. The maximum atomic E-state index is 8.91. The Labute approximate surface area is 158 Å². The Morgan fingerprint density at radius 2 is 0.846 bits per heavy atom. The van der Waals surface area contributed by atoms with E-state index >= 15 is 0 Å². The van der Waals surface area contributed by atoms with Gasteiger partial charge in [0, 0.05) is 13.2 Å². The maximum Gasteiger partial charge on any atom is 0.0431 e. The lowest BCUT2D eigenvalue weighted by atomic mass is 9.91. The first-order chi connectivity index (χ1) is 12.9. The fourth-order valence-electron chi connectivity index (χ4n) is 3.56. The van der Waals surface area contributed by atoms with Gasteiger partial charge in [0.15, 0.2) is 0 Å². The van der Waals surface area contributed by atoms with E-state index in [-0.39, 0.29) is 0 Å². The molecule has 2 aromatic rings. The summed E-state index contributed by atoms with van der Waals surface area (Å²) in [6.45, 7) is 0.616. The van der Waals surface area contributed by atoms with Gasteiger partial charge < -0.3 is 10.2 Å². The van der Waals surface area contributed by atoms with Crippen molar-refractivity contribution in [1.29, 1.82) is 0 Å². The van der Waals surface area contributed by atoms with Crippen LogP contribution in [0.1, 0.15) is 62.5 Å². The van der Waals surface area contributed by atoms with Gasteiger partial charge in [0.05, 0.1) is 0 Å². The van der Waals surface area contributed by atoms with Gasteiger partial charge in [-0.25, -0.2) is 0 Å². The molecule has 0 saturated carbocycles. The minimum absolute atomic E-state index is 0.308. The van der Waals surface area contributed by atoms with Gasteiger partial charge in [0.25, 0.3) is 0 Å². The number of aryl methyl sites for hydroxylation is 2. The zero-order valence-electron chi connectivity index (χ0n) is 16.0. The van der Waals surface area contributed by atoms with E-state index in [4.69, 9.17) is 10.2 Å². The van der Waals surface area contributed by atoms with Crippen LogP contribution in [0.15, 0.2) is 48.5 Å². The molecule has 2 rings (SSSR count). The standard InChI is InChI=1S/C24H34O2/c25-19-11-3-1-5-13-21-15-7-9-17-23(21)24-18-10-8-16-22(24)14-6-2-4-12-20-26/h7-10,15-18,25-26H,1-6,11-14,19-20H2. The second-order valence-electron chi connectivity index (χ2n) is 7.09. The summed E-state index contributed by atoms with van der Waals surface area (Å²) in [5.74, 6) is 0. The molecule has 142 valence electrons. The predicted molar refractivity (Wildman–Crippen MR) is 110 cm³/mol. The topological polar surface area (TPSA) is 40.5 Å². The molecule has 0 aromatic heterocycles. The van der Waals surface area contributed by atoms with Crippen LogP contribution in [0, 0.1) is 0 Å². The van der Waals surface area contributed by atoms with Gasteiger partial charge in [0.2, 0.25) is 0 Å². The van der Waals surface area contributed by atoms with Crippen molar-refractivity contribution in [2.75, 3.05) is 13.2 Å². The van der Waals surface area contributed by atoms with E-state index in [9.17, 15) is 0 Å². The molecule has 0 aliphatic heterocycles. The number of unbranched alkanes of at least 4 members (excludes halogenated alkanes) is 6. The van der Waals surface area contributed by atoms with Crippen LogP contribution in [0.2, 0.25) is 0 Å². The molecule has 2 nitrogen and oxygen atoms in total. The van der Waals surface area contributed by atoms with Crippen LogP contribution in [-0.4, -0.2) is 23.4 Å². The molecule has 2 heteroatoms. The number of benzene rings is 2. The number of hydrogen-bond donors (Lipinski definition) is 2. The van der Waals surface area contributed by atoms with Crippen molar-refractivity contribution in [2.45, 2.75) is 64.2 Å². The van der Waals surface area contributed by atoms with Crippen molar-refractivity contribution in [3.05, 3.63) is 59.7 Å². The van der Waals surface area contributed by atoms with Crippen LogP contribution in [-0.2, 0) is 12.8 Å². The molecule has 0 aliphatic rings. The van der Waals surface area contributed by atoms with E-state index in [1.807, 2.05) is 0 Å². The van der Waals surface area contributed by atoms with Crippen LogP contribution in [0.25, 0.3) is 11.1 Å². The van der Waals surface area contributed by atoms with E-state index < -0.39 is 0 Å². The molecule has 0 bridgehead atoms. The second kappa shape index (κ2) is 12.7. The van der Waals surface area contributed by atoms with Crippen molar-refractivity contribution < 1.29 is 10.2 Å². The van der Waals surface area contributed by atoms with Crippen LogP contribution in [0.4, 0.5) is 0 Å². The summed E-state index contributed by atoms with van der Waals surface area (Å²) in [7, 11) is 0. The third-order valence-corrected chi connectivity index (χ3v) is 5.03. The summed E-state index contributed by atoms with van der Waals surface area (Å²) in [5.41, 5.74) is 5.62. The molecule has 2 N–H and O–H groups in total. The number of aliphatic hydroxyl groups excluding tert-OH is 2. The Morgan fingerprint density at radius 3 is 1.27 bits per heavy atom. The number of rotatable bonds is 13. The average Bonchev–Trinajstić information content (AvgIpc) is 2.68. The molecule has 26 heavy (non-hydrogen) atoms. The lowest BCUT2D eigenvalue weighted by molar-refractivity contribution is 0.282. The quantitative estimate of drug-likeness (QED) is 0.463. The highest BCUT2D eigenvalue weighted by molar-refractivity contribution is 5.70. The van der Waals surface area contributed by atoms with Crippen LogP contribution < -0.4 is 0 Å². The van der Waals surface area contributed by atoms with E-state index in [0.29, 0.717) is 13.2 Å². The van der Waals surface area contributed by atoms with Crippen molar-refractivity contribution >= 4 is 0 Å². The van der Waals surface area contributed by atoms with E-state index in [1.54, 1.807) is 0 Å². The highest BCUT2D eigenvalue weighted by Crippen LogP contribution is 2.29. The van der Waals surface area contributed by atoms with E-state index in [0.717, 1.165) is 38.5 Å². The van der Waals surface area contributed by atoms with Crippen molar-refractivity contribution in [3.63, 3.8) is 0 Å². The van der Waals surface area contributed by atoms with E-state index in [1.165, 1.54) is 47.9 Å². The Hall–Kier alpha value is -1.64. The smallest absolute Gasteiger partial charge is 0.0431 e. The molecule has 0 unspecified atom stereocenters. The SMILES string of the molecule is OCCCCCCc1ccccc1-c1ccccc1CCCCCCO. The van der Waals surface area contributed by atoms with Gasteiger partial charge in [-0.1, -0.05) is 74.2 Å². The monoisotopic (exact) mass is 354 g/mol. The van der Waals surface area contributed by atoms with Gasteiger partial charge in [-0.2, -0.15) is 0 Å². The summed E-state index contributed by atoms with van der Waals surface area (Å²) in [4.78, 5) is 0. The lowest BCUT2D eigenvalue weighted by Gasteiger charge is -2.14. The third-order valence-electron chi connectivity index (χ3n) is 5.03. The van der Waals surface area contributed by atoms with E-state index in [2.05, 4.69) is 48.5 Å². The molecule has 0 amide bonds. The first-order valence-corrected chi connectivity index (χ1v) is 10.2. The molecule has 0 spiro atoms. The van der Waals surface area contributed by atoms with Crippen LogP contribution in [0.5, 0.6) is 0 Å². The summed E-state index contributed by atoms with van der Waals surface area (Å²) in [5, 5.41) is 17.8. The highest BCUT2D eigenvalue weighted by atomic mass is 16.3. The molecular weight excluding hydrogens is 320 g/mol. The van der Waals surface area contributed by atoms with Gasteiger partial charge >= 0.3 is 0 Å². The minimum Gasteiger partial charge on any atom is -0.396 e. The Morgan fingerprint density at radius 1 is 0.462 bits per heavy atom. The normalized spacial score (nSPS) is 11.0. The van der Waals surface area contributed by atoms with Gasteiger partial charge in [-0.05, 0) is 60.8 Å². The fourth-order valence-corrected chi connectivity index (χ4v) is 3.56. The Balaban J connectivity index is 2.03. The summed E-state index contributed by atoms with van der Waals surface area (Å²) >= 11 is 0. The Kier molecular flexibility index (Phi) is 10.1. The minimum atomic E-state index is 0.308. The van der Waals surface area contributed by atoms with Crippen molar-refractivity contribution in [2.24, 2.45) is 0 Å². The Bertz CT molecular complexity index is 566. The molecule has 0 aliphatic carbocycles. The average molecular weight is 355 g/mol. The van der Waals surface area contributed by atoms with Gasteiger partial charge in [0.1, 0.15) is 0 Å². The fraction of sp³-hybridized carbons (Fsp3) is 0.500. The highest BCUT2D eigenvalue weighted by Gasteiger charge is 2.09. The summed E-state index contributed by atoms with van der Waals surface area (Å²) in [6, 6.07) is 17.6. The molecule has 0 saturated heterocycles. The molecule has 0 heterocycles. The molecule has 0 radical (unpaired) electrons. The first kappa shape index (κ1) is 20.7. The molecule has 0 fully saturated rings. The zero-order chi connectivity index (χ0) is 18.5. The molecule has 0 atom stereocenters. The lowest BCUT2D eigenvalue weighted by Crippen LogP contribution is -1.96. The summed E-state index contributed by atoms with van der Waals surface area (Å²) in [6.07, 6.45) is 11.0. The van der Waals surface area contributed by atoms with Crippen molar-refractivity contribution in [3.8, 4) is 11.1 Å². The van der Waals surface area contributed by atoms with Gasteiger partial charge in [-0.15, -0.1) is 0 Å². The first-order valence-electron chi connectivity index (χ1n) is 10.2. The van der Waals surface area contributed by atoms with Crippen LogP contribution >= 0.6 is 0 Å². The third kappa shape index (κ3) is 6.93. The predicted octanol–water partition coefficient (Wildman–Crippen LogP) is 5.54. The molecular formula is C24H34O2. The second-order valence-corrected chi connectivity index (χ2v) is 7.09. The molecule has 2 aromatic carbocycles. The van der Waals surface area contributed by atoms with Crippen molar-refractivity contribution in [1.82, 2.24) is 0 Å². The van der Waals surface area contributed by atoms with Crippen LogP contribution in [0.3, 0.4) is 0 Å². The van der Waals surface area contributed by atoms with Gasteiger partial charge in [-0.3, -0.25) is 0 Å².